The second kappa shape index (κ2) is 9.72. The molecule has 1 rings (SSSR count). The summed E-state index contributed by atoms with van der Waals surface area (Å²) < 4.78 is 5.19. The lowest BCUT2D eigenvalue weighted by Gasteiger charge is -2.26. The van der Waals surface area contributed by atoms with Crippen molar-refractivity contribution in [2.24, 2.45) is 5.73 Å². The minimum Gasteiger partial charge on any atom is -0.378 e. The summed E-state index contributed by atoms with van der Waals surface area (Å²) in [6.07, 6.45) is 3.53. The Labute approximate surface area is 121 Å². The number of hydrogen-bond acceptors (Lipinski definition) is 4. The van der Waals surface area contributed by atoms with Gasteiger partial charge in [0, 0.05) is 38.5 Å². The largest absolute Gasteiger partial charge is 0.378 e. The highest BCUT2D eigenvalue weighted by molar-refractivity contribution is 5.83. The third-order valence-electron chi connectivity index (χ3n) is 3.49. The summed E-state index contributed by atoms with van der Waals surface area (Å²) in [6, 6.07) is 0.0286. The Hall–Kier alpha value is -1.14. The Morgan fingerprint density at radius 2 is 2.00 bits per heavy atom. The van der Waals surface area contributed by atoms with Crippen molar-refractivity contribution in [1.29, 1.82) is 0 Å². The molecule has 20 heavy (non-hydrogen) atoms. The molecule has 0 aromatic rings. The molecule has 116 valence electrons. The highest BCUT2D eigenvalue weighted by atomic mass is 16.5. The molecule has 0 aromatic heterocycles. The Bertz CT molecular complexity index is 304. The molecule has 1 unspecified atom stereocenters. The van der Waals surface area contributed by atoms with Crippen molar-refractivity contribution in [2.45, 2.75) is 45.1 Å². The van der Waals surface area contributed by atoms with E-state index in [4.69, 9.17) is 10.5 Å². The number of unbranched alkanes of at least 4 members (excludes halogenated alkanes) is 1. The van der Waals surface area contributed by atoms with Gasteiger partial charge in [-0.3, -0.25) is 9.59 Å². The second-order valence-electron chi connectivity index (χ2n) is 5.14. The zero-order chi connectivity index (χ0) is 14.8. The summed E-state index contributed by atoms with van der Waals surface area (Å²) in [7, 11) is 0. The van der Waals surface area contributed by atoms with E-state index in [1.54, 1.807) is 4.90 Å². The van der Waals surface area contributed by atoms with Gasteiger partial charge in [-0.05, 0) is 6.42 Å². The van der Waals surface area contributed by atoms with Gasteiger partial charge in [-0.25, -0.2) is 0 Å². The lowest BCUT2D eigenvalue weighted by Crippen LogP contribution is -2.42. The van der Waals surface area contributed by atoms with Crippen LogP contribution < -0.4 is 11.1 Å². The van der Waals surface area contributed by atoms with Crippen molar-refractivity contribution in [3.8, 4) is 0 Å². The van der Waals surface area contributed by atoms with Crippen LogP contribution in [0, 0.1) is 0 Å². The van der Waals surface area contributed by atoms with E-state index >= 15 is 0 Å². The standard InChI is InChI=1S/C14H27N3O3/c1-2-3-4-12(11-15)16-13(18)5-6-14(19)17-7-9-20-10-8-17/h12H,2-11,15H2,1H3,(H,16,18). The van der Waals surface area contributed by atoms with Crippen LogP contribution >= 0.6 is 0 Å². The SMILES string of the molecule is CCCCC(CN)NC(=O)CCC(=O)N1CCOCC1. The molecule has 1 fully saturated rings. The number of rotatable bonds is 8. The van der Waals surface area contributed by atoms with Crippen molar-refractivity contribution in [1.82, 2.24) is 10.2 Å². The van der Waals surface area contributed by atoms with Crippen LogP contribution in [0.3, 0.4) is 0 Å². The second-order valence-corrected chi connectivity index (χ2v) is 5.14. The molecule has 0 spiro atoms. The molecule has 1 atom stereocenters. The highest BCUT2D eigenvalue weighted by Gasteiger charge is 2.18. The number of amides is 2. The quantitative estimate of drug-likeness (QED) is 0.670. The fourth-order valence-corrected chi connectivity index (χ4v) is 2.19. The highest BCUT2D eigenvalue weighted by Crippen LogP contribution is 2.04. The van der Waals surface area contributed by atoms with Crippen LogP contribution in [0.4, 0.5) is 0 Å². The molecule has 0 radical (unpaired) electrons. The summed E-state index contributed by atoms with van der Waals surface area (Å²) >= 11 is 0. The van der Waals surface area contributed by atoms with E-state index in [9.17, 15) is 9.59 Å². The molecule has 1 saturated heterocycles. The summed E-state index contributed by atoms with van der Waals surface area (Å²) in [6.45, 7) is 4.98. The Morgan fingerprint density at radius 1 is 1.30 bits per heavy atom. The smallest absolute Gasteiger partial charge is 0.223 e. The van der Waals surface area contributed by atoms with Crippen molar-refractivity contribution in [2.75, 3.05) is 32.8 Å². The zero-order valence-corrected chi connectivity index (χ0v) is 12.4. The number of hydrogen-bond donors (Lipinski definition) is 2. The number of nitrogens with zero attached hydrogens (tertiary/aromatic N) is 1. The average molecular weight is 285 g/mol. The van der Waals surface area contributed by atoms with E-state index in [1.807, 2.05) is 0 Å². The first-order valence-electron chi connectivity index (χ1n) is 7.52. The normalized spacial score (nSPS) is 16.8. The van der Waals surface area contributed by atoms with Crippen LogP contribution in [0.25, 0.3) is 0 Å². The molecule has 1 aliphatic heterocycles. The van der Waals surface area contributed by atoms with Crippen LogP contribution in [0.2, 0.25) is 0 Å². The first-order valence-corrected chi connectivity index (χ1v) is 7.52. The summed E-state index contributed by atoms with van der Waals surface area (Å²) in [4.78, 5) is 25.5. The van der Waals surface area contributed by atoms with Gasteiger partial charge in [0.1, 0.15) is 0 Å². The lowest BCUT2D eigenvalue weighted by atomic mass is 10.1. The molecule has 0 aliphatic carbocycles. The molecule has 1 heterocycles. The minimum atomic E-state index is -0.0850. The van der Waals surface area contributed by atoms with Gasteiger partial charge < -0.3 is 20.7 Å². The van der Waals surface area contributed by atoms with Crippen LogP contribution in [-0.4, -0.2) is 55.6 Å². The Kier molecular flexibility index (Phi) is 8.22. The maximum absolute atomic E-state index is 11.9. The maximum Gasteiger partial charge on any atom is 0.223 e. The van der Waals surface area contributed by atoms with Crippen molar-refractivity contribution >= 4 is 11.8 Å². The molecule has 0 bridgehead atoms. The molecule has 6 heteroatoms. The van der Waals surface area contributed by atoms with Crippen LogP contribution in [0.1, 0.15) is 39.0 Å². The van der Waals surface area contributed by atoms with Crippen molar-refractivity contribution < 1.29 is 14.3 Å². The van der Waals surface area contributed by atoms with Crippen molar-refractivity contribution in [3.63, 3.8) is 0 Å². The molecule has 3 N–H and O–H groups in total. The van der Waals surface area contributed by atoms with E-state index in [1.165, 1.54) is 0 Å². The van der Waals surface area contributed by atoms with Gasteiger partial charge in [0.15, 0.2) is 0 Å². The molecular weight excluding hydrogens is 258 g/mol. The topological polar surface area (TPSA) is 84.7 Å². The van der Waals surface area contributed by atoms with E-state index < -0.39 is 0 Å². The molecule has 0 aromatic carbocycles. The first-order chi connectivity index (χ1) is 9.67. The van der Waals surface area contributed by atoms with Crippen LogP contribution in [-0.2, 0) is 14.3 Å². The first kappa shape index (κ1) is 16.9. The Balaban J connectivity index is 2.22. The number of ether oxygens (including phenoxy) is 1. The maximum atomic E-state index is 11.9. The zero-order valence-electron chi connectivity index (χ0n) is 12.4. The van der Waals surface area contributed by atoms with Gasteiger partial charge in [-0.1, -0.05) is 19.8 Å². The third-order valence-corrected chi connectivity index (χ3v) is 3.49. The van der Waals surface area contributed by atoms with Gasteiger partial charge in [-0.2, -0.15) is 0 Å². The lowest BCUT2D eigenvalue weighted by molar-refractivity contribution is -0.137. The van der Waals surface area contributed by atoms with E-state index in [-0.39, 0.29) is 30.7 Å². The average Bonchev–Trinajstić information content (AvgIpc) is 2.49. The van der Waals surface area contributed by atoms with Gasteiger partial charge in [0.2, 0.25) is 11.8 Å². The van der Waals surface area contributed by atoms with Crippen molar-refractivity contribution in [3.05, 3.63) is 0 Å². The minimum absolute atomic E-state index is 0.0286. The molecule has 0 saturated carbocycles. The summed E-state index contributed by atoms with van der Waals surface area (Å²) in [5.74, 6) is -0.0560. The number of morpholine rings is 1. The summed E-state index contributed by atoms with van der Waals surface area (Å²) in [5, 5.41) is 2.90. The predicted octanol–water partition coefficient (Wildman–Crippen LogP) is 0.259. The van der Waals surface area contributed by atoms with Gasteiger partial charge in [0.25, 0.3) is 0 Å². The molecule has 2 amide bonds. The predicted molar refractivity (Wildman–Crippen MR) is 77.1 cm³/mol. The number of carbonyl (C=O) groups excluding carboxylic acids is 2. The van der Waals surface area contributed by atoms with Gasteiger partial charge in [-0.15, -0.1) is 0 Å². The van der Waals surface area contributed by atoms with Crippen LogP contribution in [0.5, 0.6) is 0 Å². The van der Waals surface area contributed by atoms with E-state index in [0.29, 0.717) is 32.8 Å². The monoisotopic (exact) mass is 285 g/mol. The van der Waals surface area contributed by atoms with Crippen LogP contribution in [0.15, 0.2) is 0 Å². The number of nitrogens with one attached hydrogen (secondary N) is 1. The van der Waals surface area contributed by atoms with E-state index in [2.05, 4.69) is 12.2 Å². The molecule has 6 nitrogen and oxygen atoms in total. The van der Waals surface area contributed by atoms with Gasteiger partial charge in [0.05, 0.1) is 13.2 Å². The number of nitrogens with two attached hydrogens (primary N) is 1. The fraction of sp³-hybridized carbons (Fsp3) is 0.857. The number of carbonyl (C=O) groups is 2. The Morgan fingerprint density at radius 3 is 2.60 bits per heavy atom. The fourth-order valence-electron chi connectivity index (χ4n) is 2.19. The van der Waals surface area contributed by atoms with Gasteiger partial charge >= 0.3 is 0 Å². The molecular formula is C14H27N3O3. The molecule has 1 aliphatic rings. The summed E-state index contributed by atoms with van der Waals surface area (Å²) in [5.41, 5.74) is 5.63. The third kappa shape index (κ3) is 6.34. The van der Waals surface area contributed by atoms with E-state index in [0.717, 1.165) is 19.3 Å².